The van der Waals surface area contributed by atoms with Crippen molar-refractivity contribution in [2.24, 2.45) is 23.2 Å². The Balaban J connectivity index is 1.07. The highest BCUT2D eigenvalue weighted by Crippen LogP contribution is 2.75. The number of amides is 1. The Morgan fingerprint density at radius 2 is 1.78 bits per heavy atom. The number of aromatic nitrogens is 4. The topological polar surface area (TPSA) is 76.4 Å². The number of ether oxygens (including phenoxy) is 1. The Morgan fingerprint density at radius 3 is 2.60 bits per heavy atom. The molecule has 6 aliphatic rings. The van der Waals surface area contributed by atoms with E-state index in [0.717, 1.165) is 48.8 Å². The Labute approximate surface area is 263 Å². The van der Waals surface area contributed by atoms with Crippen LogP contribution in [0.25, 0.3) is 5.69 Å². The summed E-state index contributed by atoms with van der Waals surface area (Å²) in [6, 6.07) is 27.8. The smallest absolute Gasteiger partial charge is 0.345 e. The zero-order valence-corrected chi connectivity index (χ0v) is 25.5. The molecule has 0 N–H and O–H groups in total. The number of hydrogen-bond acceptors (Lipinski definition) is 6. The molecule has 3 aromatic carbocycles. The van der Waals surface area contributed by atoms with Crippen LogP contribution in [-0.4, -0.2) is 67.6 Å². The summed E-state index contributed by atoms with van der Waals surface area (Å²) in [5, 5.41) is 12.4. The largest absolute Gasteiger partial charge is 0.423 e. The van der Waals surface area contributed by atoms with Crippen LogP contribution in [0.5, 0.6) is 11.8 Å². The Kier molecular flexibility index (Phi) is 5.52. The Hall–Kier alpha value is -4.04. The lowest BCUT2D eigenvalue weighted by Gasteiger charge is -2.66. The molecular weight excluding hydrogens is 560 g/mol. The number of carbonyl (C=O) groups is 1. The molecular formula is C37H38N6O2. The molecule has 5 fully saturated rings. The van der Waals surface area contributed by atoms with Crippen molar-refractivity contribution in [3.05, 3.63) is 95.6 Å². The molecule has 4 aliphatic carbocycles. The van der Waals surface area contributed by atoms with E-state index in [4.69, 9.17) is 4.74 Å². The van der Waals surface area contributed by atoms with Gasteiger partial charge >= 0.3 is 6.01 Å². The van der Waals surface area contributed by atoms with Crippen LogP contribution in [0.2, 0.25) is 0 Å². The first kappa shape index (κ1) is 26.2. The van der Waals surface area contributed by atoms with Gasteiger partial charge in [0.15, 0.2) is 0 Å². The molecule has 4 aromatic rings. The van der Waals surface area contributed by atoms with Crippen molar-refractivity contribution in [1.82, 2.24) is 30.0 Å². The predicted molar refractivity (Wildman–Crippen MR) is 168 cm³/mol. The fourth-order valence-corrected chi connectivity index (χ4v) is 11.1. The van der Waals surface area contributed by atoms with Gasteiger partial charge < -0.3 is 9.64 Å². The highest BCUT2D eigenvalue weighted by Gasteiger charge is 2.76. The summed E-state index contributed by atoms with van der Waals surface area (Å²) in [5.74, 6) is 2.90. The molecule has 0 radical (unpaired) electrons. The van der Waals surface area contributed by atoms with Gasteiger partial charge in [-0.15, -0.1) is 0 Å². The average Bonchev–Trinajstić information content (AvgIpc) is 3.57. The van der Waals surface area contributed by atoms with E-state index in [1.54, 1.807) is 4.68 Å². The fraction of sp³-hybridized carbons (Fsp3) is 0.459. The van der Waals surface area contributed by atoms with Gasteiger partial charge in [0, 0.05) is 36.2 Å². The summed E-state index contributed by atoms with van der Waals surface area (Å²) in [6.45, 7) is 3.31. The molecule has 8 nitrogen and oxygen atoms in total. The highest BCUT2D eigenvalue weighted by molar-refractivity contribution is 5.94. The predicted octanol–water partition coefficient (Wildman–Crippen LogP) is 5.67. The maximum absolute atomic E-state index is 14.0. The third-order valence-corrected chi connectivity index (χ3v) is 12.7. The number of para-hydroxylation sites is 1. The first-order chi connectivity index (χ1) is 22.1. The molecule has 8 heteroatoms. The monoisotopic (exact) mass is 598 g/mol. The SMILES string of the molecule is O=C(c1ccccc1)N1C[C@H]2CC34CCC1C2C31CCN(CC2CC2)C4Cc2ccc(Oc3nnnn3-c3ccccc3)cc21. The molecule has 4 bridgehead atoms. The highest BCUT2D eigenvalue weighted by atomic mass is 16.5. The summed E-state index contributed by atoms with van der Waals surface area (Å²) < 4.78 is 8.15. The van der Waals surface area contributed by atoms with E-state index in [9.17, 15) is 4.79 Å². The van der Waals surface area contributed by atoms with Gasteiger partial charge in [-0.2, -0.15) is 4.68 Å². The number of hydrogen-bond donors (Lipinski definition) is 0. The van der Waals surface area contributed by atoms with Crippen LogP contribution >= 0.6 is 0 Å². The minimum absolute atomic E-state index is 0.0509. The minimum Gasteiger partial charge on any atom is -0.423 e. The third kappa shape index (κ3) is 3.63. The maximum atomic E-state index is 14.0. The molecule has 0 spiro atoms. The van der Waals surface area contributed by atoms with Crippen molar-refractivity contribution >= 4 is 5.91 Å². The van der Waals surface area contributed by atoms with Crippen molar-refractivity contribution < 1.29 is 9.53 Å². The van der Waals surface area contributed by atoms with Gasteiger partial charge in [-0.3, -0.25) is 9.69 Å². The third-order valence-electron chi connectivity index (χ3n) is 12.7. The van der Waals surface area contributed by atoms with Crippen molar-refractivity contribution in [2.75, 3.05) is 19.6 Å². The van der Waals surface area contributed by atoms with E-state index < -0.39 is 0 Å². The lowest BCUT2D eigenvalue weighted by Crippen LogP contribution is -2.69. The van der Waals surface area contributed by atoms with Gasteiger partial charge in [0.25, 0.3) is 5.91 Å². The first-order valence-electron chi connectivity index (χ1n) is 16.9. The summed E-state index contributed by atoms with van der Waals surface area (Å²) in [6.07, 6.45) is 8.62. The maximum Gasteiger partial charge on any atom is 0.345 e. The van der Waals surface area contributed by atoms with E-state index in [0.29, 0.717) is 23.9 Å². The van der Waals surface area contributed by atoms with E-state index in [-0.39, 0.29) is 22.8 Å². The zero-order valence-electron chi connectivity index (χ0n) is 25.5. The van der Waals surface area contributed by atoms with E-state index >= 15 is 0 Å². The van der Waals surface area contributed by atoms with Crippen molar-refractivity contribution in [3.63, 3.8) is 0 Å². The number of benzene rings is 3. The van der Waals surface area contributed by atoms with Gasteiger partial charge in [0.05, 0.1) is 5.69 Å². The van der Waals surface area contributed by atoms with Crippen molar-refractivity contribution in [2.45, 2.75) is 62.4 Å². The number of rotatable bonds is 6. The molecule has 2 saturated heterocycles. The molecule has 1 amide bonds. The number of likely N-dealkylation sites (tertiary alicyclic amines) is 2. The molecule has 1 aromatic heterocycles. The normalized spacial score (nSPS) is 32.7. The molecule has 2 aliphatic heterocycles. The van der Waals surface area contributed by atoms with Crippen molar-refractivity contribution in [1.29, 1.82) is 0 Å². The van der Waals surface area contributed by atoms with Crippen LogP contribution in [0.3, 0.4) is 0 Å². The Morgan fingerprint density at radius 1 is 0.956 bits per heavy atom. The van der Waals surface area contributed by atoms with Crippen LogP contribution in [0.15, 0.2) is 78.9 Å². The number of nitrogens with zero attached hydrogens (tertiary/aromatic N) is 6. The fourth-order valence-electron chi connectivity index (χ4n) is 11.1. The van der Waals surface area contributed by atoms with Crippen LogP contribution in [0.1, 0.15) is 60.0 Å². The van der Waals surface area contributed by atoms with Crippen LogP contribution < -0.4 is 4.74 Å². The van der Waals surface area contributed by atoms with Gasteiger partial charge in [-0.1, -0.05) is 47.6 Å². The van der Waals surface area contributed by atoms with Crippen LogP contribution in [0.4, 0.5) is 0 Å². The van der Waals surface area contributed by atoms with Crippen LogP contribution in [-0.2, 0) is 11.8 Å². The molecule has 5 unspecified atom stereocenters. The number of fused-ring (bicyclic) bond motifs is 1. The van der Waals surface area contributed by atoms with Gasteiger partial charge in [0.2, 0.25) is 0 Å². The number of piperidine rings is 1. The molecule has 45 heavy (non-hydrogen) atoms. The van der Waals surface area contributed by atoms with Gasteiger partial charge in [-0.05, 0) is 133 Å². The summed E-state index contributed by atoms with van der Waals surface area (Å²) in [4.78, 5) is 19.2. The summed E-state index contributed by atoms with van der Waals surface area (Å²) in [7, 11) is 0. The lowest BCUT2D eigenvalue weighted by molar-refractivity contribution is -0.102. The van der Waals surface area contributed by atoms with Gasteiger partial charge in [-0.25, -0.2) is 0 Å². The second-order valence-corrected chi connectivity index (χ2v) is 14.6. The molecule has 228 valence electrons. The molecule has 3 saturated carbocycles. The first-order valence-corrected chi connectivity index (χ1v) is 16.9. The molecule has 6 atom stereocenters. The average molecular weight is 599 g/mol. The molecule has 3 heterocycles. The Bertz CT molecular complexity index is 1790. The number of carbonyl (C=O) groups excluding carboxylic acids is 1. The van der Waals surface area contributed by atoms with Gasteiger partial charge in [0.1, 0.15) is 5.75 Å². The molecule has 10 rings (SSSR count). The second-order valence-electron chi connectivity index (χ2n) is 14.6. The lowest BCUT2D eigenvalue weighted by atomic mass is 9.43. The van der Waals surface area contributed by atoms with E-state index in [2.05, 4.69) is 43.5 Å². The quantitative estimate of drug-likeness (QED) is 0.285. The standard InChI is InChI=1S/C37H38N6O2/c44-34(25-7-3-1-4-8-25)42-23-27-21-36-16-15-31(42)33(27)37(36)17-18-41(22-24-11-12-24)32(36)19-26-13-14-29(20-30(26)37)45-35-38-39-40-43(35)28-9-5-2-6-10-28/h1-10,13-14,20,24,27,31-33H,11-12,15-19,21-23H2/t27-,31?,32?,33?,36?,37?/m1/s1. The van der Waals surface area contributed by atoms with Crippen molar-refractivity contribution in [3.8, 4) is 17.4 Å². The summed E-state index contributed by atoms with van der Waals surface area (Å²) >= 11 is 0. The van der Waals surface area contributed by atoms with E-state index in [1.807, 2.05) is 60.7 Å². The van der Waals surface area contributed by atoms with E-state index in [1.165, 1.54) is 49.8 Å². The second kappa shape index (κ2) is 9.49. The number of tetrazole rings is 1. The van der Waals surface area contributed by atoms with Crippen LogP contribution in [0, 0.1) is 23.2 Å². The minimum atomic E-state index is 0.0509. The zero-order chi connectivity index (χ0) is 29.8. The summed E-state index contributed by atoms with van der Waals surface area (Å²) in [5.41, 5.74) is 4.94.